The molecule has 0 saturated heterocycles. The number of fused-ring (bicyclic) bond motifs is 1. The van der Waals surface area contributed by atoms with Crippen LogP contribution < -0.4 is 5.32 Å². The van der Waals surface area contributed by atoms with Gasteiger partial charge in [0.1, 0.15) is 11.0 Å². The number of ether oxygens (including phenoxy) is 1. The molecular weight excluding hydrogens is 410 g/mol. The molecule has 1 saturated carbocycles. The van der Waals surface area contributed by atoms with E-state index < -0.39 is 29.4 Å². The molecule has 1 aromatic heterocycles. The van der Waals surface area contributed by atoms with E-state index in [0.717, 1.165) is 0 Å². The number of anilines is 1. The highest BCUT2D eigenvalue weighted by Gasteiger charge is 2.57. The van der Waals surface area contributed by atoms with Crippen LogP contribution in [0.15, 0.2) is 28.9 Å². The Morgan fingerprint density at radius 1 is 1.27 bits per heavy atom. The molecule has 0 spiro atoms. The van der Waals surface area contributed by atoms with Gasteiger partial charge in [0.2, 0.25) is 5.91 Å². The minimum Gasteiger partial charge on any atom is -0.443 e. The van der Waals surface area contributed by atoms with Crippen LogP contribution in [0.2, 0.25) is 0 Å². The van der Waals surface area contributed by atoms with Crippen molar-refractivity contribution in [3.05, 3.63) is 28.9 Å². The van der Waals surface area contributed by atoms with Gasteiger partial charge in [0.05, 0.1) is 11.2 Å². The van der Waals surface area contributed by atoms with Gasteiger partial charge in [-0.3, -0.25) is 9.36 Å². The van der Waals surface area contributed by atoms with Gasteiger partial charge >= 0.3 is 6.09 Å². The zero-order valence-electron chi connectivity index (χ0n) is 14.6. The first-order valence-electron chi connectivity index (χ1n) is 8.18. The number of amides is 1. The van der Waals surface area contributed by atoms with Crippen LogP contribution in [0.4, 0.5) is 19.3 Å². The lowest BCUT2D eigenvalue weighted by molar-refractivity contribution is -0.126. The summed E-state index contributed by atoms with van der Waals surface area (Å²) in [5, 5.41) is 3.17. The van der Waals surface area contributed by atoms with Crippen molar-refractivity contribution in [1.82, 2.24) is 4.57 Å². The third-order valence-electron chi connectivity index (χ3n) is 4.31. The lowest BCUT2D eigenvalue weighted by atomic mass is 10.1. The third kappa shape index (κ3) is 3.34. The number of benzene rings is 1. The van der Waals surface area contributed by atoms with Gasteiger partial charge in [-0.25, -0.2) is 13.6 Å². The van der Waals surface area contributed by atoms with E-state index in [-0.39, 0.29) is 12.8 Å². The van der Waals surface area contributed by atoms with E-state index in [4.69, 9.17) is 4.74 Å². The standard InChI is InChI=1S/C18H19BrF2N2O3/c1-17(2,3)26-16(25)23-9-6-10-12(23)5-4-11(19)13(10)22-15(24)18(7-8-18)14(20)21/h4-6,9,14H,7-8H2,1-3H3,(H,22,24). The molecular formula is C18H19BrF2N2O3. The zero-order chi connectivity index (χ0) is 19.3. The Labute approximate surface area is 157 Å². The van der Waals surface area contributed by atoms with E-state index >= 15 is 0 Å². The highest BCUT2D eigenvalue weighted by Crippen LogP contribution is 2.52. The van der Waals surface area contributed by atoms with Crippen molar-refractivity contribution in [2.24, 2.45) is 5.41 Å². The minimum absolute atomic E-state index is 0.170. The fourth-order valence-corrected chi connectivity index (χ4v) is 3.15. The largest absolute Gasteiger partial charge is 0.443 e. The summed E-state index contributed by atoms with van der Waals surface area (Å²) in [5.41, 5.74) is -1.38. The summed E-state index contributed by atoms with van der Waals surface area (Å²) in [6, 6.07) is 4.99. The molecule has 5 nitrogen and oxygen atoms in total. The van der Waals surface area contributed by atoms with Crippen molar-refractivity contribution < 1.29 is 23.1 Å². The number of carbonyl (C=O) groups excluding carboxylic acids is 2. The SMILES string of the molecule is CC(C)(C)OC(=O)n1ccc2c(NC(=O)C3(C(F)F)CC3)c(Br)ccc21. The molecule has 0 aliphatic heterocycles. The Kier molecular flexibility index (Phi) is 4.58. The number of hydrogen-bond donors (Lipinski definition) is 1. The van der Waals surface area contributed by atoms with E-state index in [9.17, 15) is 18.4 Å². The van der Waals surface area contributed by atoms with Crippen LogP contribution in [0.1, 0.15) is 33.6 Å². The van der Waals surface area contributed by atoms with E-state index in [1.54, 1.807) is 39.0 Å². The second-order valence-electron chi connectivity index (χ2n) is 7.43. The summed E-state index contributed by atoms with van der Waals surface area (Å²) in [5.74, 6) is -0.703. The summed E-state index contributed by atoms with van der Waals surface area (Å²) in [4.78, 5) is 24.7. The first-order valence-corrected chi connectivity index (χ1v) is 8.97. The third-order valence-corrected chi connectivity index (χ3v) is 4.97. The molecule has 1 N–H and O–H groups in total. The molecule has 1 aromatic carbocycles. The highest BCUT2D eigenvalue weighted by atomic mass is 79.9. The smallest absolute Gasteiger partial charge is 0.418 e. The molecule has 0 radical (unpaired) electrons. The molecule has 1 heterocycles. The lowest BCUT2D eigenvalue weighted by Crippen LogP contribution is -2.30. The summed E-state index contributed by atoms with van der Waals surface area (Å²) < 4.78 is 33.6. The minimum atomic E-state index is -2.70. The van der Waals surface area contributed by atoms with Gasteiger partial charge in [-0.2, -0.15) is 0 Å². The van der Waals surface area contributed by atoms with Crippen LogP contribution in [0.3, 0.4) is 0 Å². The summed E-state index contributed by atoms with van der Waals surface area (Å²) in [6.45, 7) is 5.29. The predicted molar refractivity (Wildman–Crippen MR) is 97.6 cm³/mol. The maximum atomic E-state index is 13.2. The molecule has 1 amide bonds. The molecule has 1 fully saturated rings. The number of nitrogens with one attached hydrogen (secondary N) is 1. The van der Waals surface area contributed by atoms with Crippen LogP contribution in [-0.2, 0) is 9.53 Å². The van der Waals surface area contributed by atoms with Gasteiger partial charge < -0.3 is 10.1 Å². The van der Waals surface area contributed by atoms with E-state index in [0.29, 0.717) is 21.1 Å². The second-order valence-corrected chi connectivity index (χ2v) is 8.29. The molecule has 0 bridgehead atoms. The number of halogens is 3. The van der Waals surface area contributed by atoms with Crippen molar-refractivity contribution in [3.8, 4) is 0 Å². The van der Waals surface area contributed by atoms with Gasteiger partial charge in [-0.05, 0) is 67.7 Å². The maximum absolute atomic E-state index is 13.2. The van der Waals surface area contributed by atoms with Crippen molar-refractivity contribution in [2.75, 3.05) is 5.32 Å². The van der Waals surface area contributed by atoms with Crippen LogP contribution in [0.25, 0.3) is 10.9 Å². The molecule has 0 unspecified atom stereocenters. The molecule has 140 valence electrons. The van der Waals surface area contributed by atoms with Crippen molar-refractivity contribution in [3.63, 3.8) is 0 Å². The van der Waals surface area contributed by atoms with Crippen LogP contribution in [0, 0.1) is 5.41 Å². The summed E-state index contributed by atoms with van der Waals surface area (Å²) >= 11 is 3.34. The Bertz CT molecular complexity index is 882. The summed E-state index contributed by atoms with van der Waals surface area (Å²) in [6.07, 6.45) is -1.39. The van der Waals surface area contributed by atoms with Crippen molar-refractivity contribution >= 4 is 44.5 Å². The fourth-order valence-electron chi connectivity index (χ4n) is 2.70. The molecule has 0 atom stereocenters. The number of alkyl halides is 2. The topological polar surface area (TPSA) is 60.3 Å². The van der Waals surface area contributed by atoms with Gasteiger partial charge in [-0.1, -0.05) is 0 Å². The number of hydrogen-bond acceptors (Lipinski definition) is 3. The summed E-state index contributed by atoms with van der Waals surface area (Å²) in [7, 11) is 0. The monoisotopic (exact) mass is 428 g/mol. The number of aromatic nitrogens is 1. The normalized spacial score (nSPS) is 16.0. The fraction of sp³-hybridized carbons (Fsp3) is 0.444. The van der Waals surface area contributed by atoms with E-state index in [2.05, 4.69) is 21.2 Å². The van der Waals surface area contributed by atoms with Gasteiger partial charge in [0.25, 0.3) is 6.43 Å². The average Bonchev–Trinajstić information content (AvgIpc) is 3.22. The molecule has 3 rings (SSSR count). The molecule has 1 aliphatic carbocycles. The molecule has 8 heteroatoms. The second kappa shape index (κ2) is 6.33. The number of rotatable bonds is 3. The number of nitrogens with zero attached hydrogens (tertiary/aromatic N) is 1. The maximum Gasteiger partial charge on any atom is 0.418 e. The first-order chi connectivity index (χ1) is 12.0. The highest BCUT2D eigenvalue weighted by molar-refractivity contribution is 9.10. The van der Waals surface area contributed by atoms with E-state index in [1.807, 2.05) is 0 Å². The van der Waals surface area contributed by atoms with Gasteiger partial charge in [0.15, 0.2) is 0 Å². The Hall–Kier alpha value is -1.96. The molecule has 1 aliphatic rings. The Morgan fingerprint density at radius 2 is 1.92 bits per heavy atom. The first kappa shape index (κ1) is 18.8. The Balaban J connectivity index is 1.96. The quantitative estimate of drug-likeness (QED) is 0.733. The molecule has 2 aromatic rings. The predicted octanol–water partition coefficient (Wildman–Crippen LogP) is 5.17. The van der Waals surface area contributed by atoms with Crippen molar-refractivity contribution in [1.29, 1.82) is 0 Å². The van der Waals surface area contributed by atoms with Gasteiger partial charge in [-0.15, -0.1) is 0 Å². The number of carbonyl (C=O) groups is 2. The Morgan fingerprint density at radius 3 is 2.46 bits per heavy atom. The van der Waals surface area contributed by atoms with Crippen LogP contribution in [-0.4, -0.2) is 28.6 Å². The lowest BCUT2D eigenvalue weighted by Gasteiger charge is -2.20. The van der Waals surface area contributed by atoms with Crippen LogP contribution in [0.5, 0.6) is 0 Å². The zero-order valence-corrected chi connectivity index (χ0v) is 16.2. The van der Waals surface area contributed by atoms with Crippen LogP contribution >= 0.6 is 15.9 Å². The van der Waals surface area contributed by atoms with E-state index in [1.165, 1.54) is 10.8 Å². The molecule has 26 heavy (non-hydrogen) atoms. The van der Waals surface area contributed by atoms with Crippen molar-refractivity contribution in [2.45, 2.75) is 45.6 Å². The van der Waals surface area contributed by atoms with Gasteiger partial charge in [0, 0.05) is 16.1 Å². The average molecular weight is 429 g/mol.